The molecule has 1 saturated carbocycles. The molecule has 20 heavy (non-hydrogen) atoms. The molecule has 1 aliphatic rings. The molecule has 1 aromatic rings. The minimum atomic E-state index is 0.0369. The third kappa shape index (κ3) is 4.38. The summed E-state index contributed by atoms with van der Waals surface area (Å²) in [6.07, 6.45) is 3.35. The number of carbonyl (C=O) groups excluding carboxylic acids is 1. The van der Waals surface area contributed by atoms with Crippen molar-refractivity contribution in [2.24, 2.45) is 5.41 Å². The zero-order valence-corrected chi connectivity index (χ0v) is 13.6. The first-order chi connectivity index (χ1) is 9.33. The van der Waals surface area contributed by atoms with Gasteiger partial charge in [0.15, 0.2) is 0 Å². The van der Waals surface area contributed by atoms with Gasteiger partial charge in [-0.25, -0.2) is 0 Å². The van der Waals surface area contributed by atoms with Crippen LogP contribution in [-0.4, -0.2) is 11.8 Å². The van der Waals surface area contributed by atoms with Crippen molar-refractivity contribution in [1.82, 2.24) is 0 Å². The summed E-state index contributed by atoms with van der Waals surface area (Å²) in [6, 6.07) is 2.58. The Bertz CT molecular complexity index is 544. The molecule has 0 atom stereocenters. The molecule has 0 aliphatic heterocycles. The maximum absolute atomic E-state index is 11.3. The fourth-order valence-corrected chi connectivity index (χ4v) is 3.08. The number of ketones is 1. The third-order valence-electron chi connectivity index (χ3n) is 3.38. The van der Waals surface area contributed by atoms with E-state index in [1.54, 1.807) is 11.3 Å². The summed E-state index contributed by atoms with van der Waals surface area (Å²) < 4.78 is 0. The van der Waals surface area contributed by atoms with E-state index in [2.05, 4.69) is 50.9 Å². The molecule has 0 bridgehead atoms. The number of aryl methyl sites for hydroxylation is 1. The number of hydrogen-bond acceptors (Lipinski definition) is 3. The minimum Gasteiger partial charge on any atom is -0.381 e. The van der Waals surface area contributed by atoms with Gasteiger partial charge in [0.1, 0.15) is 5.78 Å². The second-order valence-corrected chi connectivity index (χ2v) is 7.79. The van der Waals surface area contributed by atoms with E-state index >= 15 is 0 Å². The molecule has 108 valence electrons. The number of rotatable bonds is 2. The number of hydrogen-bond donors (Lipinski definition) is 1. The van der Waals surface area contributed by atoms with Crippen LogP contribution in [0, 0.1) is 24.2 Å². The van der Waals surface area contributed by atoms with E-state index < -0.39 is 0 Å². The van der Waals surface area contributed by atoms with Crippen molar-refractivity contribution in [2.75, 3.05) is 5.32 Å². The Balaban J connectivity index is 2.04. The van der Waals surface area contributed by atoms with Gasteiger partial charge in [-0.2, -0.15) is 0 Å². The number of nitrogens with one attached hydrogen (secondary N) is 1. The number of carbonyl (C=O) groups is 1. The van der Waals surface area contributed by atoms with Gasteiger partial charge in [-0.15, -0.1) is 11.3 Å². The van der Waals surface area contributed by atoms with Crippen LogP contribution in [0.2, 0.25) is 0 Å². The fourth-order valence-electron chi connectivity index (χ4n) is 2.24. The lowest BCUT2D eigenvalue weighted by Crippen LogP contribution is -2.26. The summed E-state index contributed by atoms with van der Waals surface area (Å²) >= 11 is 1.74. The Morgan fingerprint density at radius 1 is 1.30 bits per heavy atom. The van der Waals surface area contributed by atoms with Gasteiger partial charge in [0, 0.05) is 34.9 Å². The fraction of sp³-hybridized carbons (Fsp3) is 0.588. The zero-order chi connectivity index (χ0) is 14.8. The number of Topliss-reactive ketones (excluding diaryl/α,β-unsaturated/α-hetero) is 1. The van der Waals surface area contributed by atoms with Gasteiger partial charge in [0.25, 0.3) is 0 Å². The normalized spacial score (nSPS) is 16.7. The van der Waals surface area contributed by atoms with E-state index in [-0.39, 0.29) is 5.41 Å². The predicted molar refractivity (Wildman–Crippen MR) is 86.3 cm³/mol. The molecule has 0 saturated heterocycles. The zero-order valence-electron chi connectivity index (χ0n) is 12.8. The van der Waals surface area contributed by atoms with E-state index in [4.69, 9.17) is 0 Å². The Labute approximate surface area is 126 Å². The second-order valence-electron chi connectivity index (χ2n) is 6.54. The SMILES string of the molecule is Cc1sc(C#CC(C)(C)C)cc1NC1CCC(=O)CC1. The highest BCUT2D eigenvalue weighted by molar-refractivity contribution is 7.13. The average Bonchev–Trinajstić information content (AvgIpc) is 2.70. The first-order valence-corrected chi connectivity index (χ1v) is 8.07. The van der Waals surface area contributed by atoms with Crippen LogP contribution < -0.4 is 5.32 Å². The summed E-state index contributed by atoms with van der Waals surface area (Å²) in [7, 11) is 0. The molecule has 0 aromatic carbocycles. The largest absolute Gasteiger partial charge is 0.381 e. The number of anilines is 1. The van der Waals surface area contributed by atoms with Crippen LogP contribution in [0.25, 0.3) is 0 Å². The van der Waals surface area contributed by atoms with E-state index in [9.17, 15) is 4.79 Å². The van der Waals surface area contributed by atoms with E-state index in [1.807, 2.05) is 0 Å². The molecule has 1 heterocycles. The third-order valence-corrected chi connectivity index (χ3v) is 4.35. The molecule has 0 radical (unpaired) electrons. The highest BCUT2D eigenvalue weighted by atomic mass is 32.1. The summed E-state index contributed by atoms with van der Waals surface area (Å²) in [5.41, 5.74) is 1.22. The first-order valence-electron chi connectivity index (χ1n) is 7.25. The topological polar surface area (TPSA) is 29.1 Å². The van der Waals surface area contributed by atoms with Crippen molar-refractivity contribution in [3.63, 3.8) is 0 Å². The van der Waals surface area contributed by atoms with Gasteiger partial charge >= 0.3 is 0 Å². The van der Waals surface area contributed by atoms with Crippen LogP contribution in [0.15, 0.2) is 6.07 Å². The Morgan fingerprint density at radius 2 is 1.95 bits per heavy atom. The molecular weight excluding hydrogens is 266 g/mol. The summed E-state index contributed by atoms with van der Waals surface area (Å²) in [5, 5.41) is 3.58. The van der Waals surface area contributed by atoms with E-state index in [0.29, 0.717) is 11.8 Å². The lowest BCUT2D eigenvalue weighted by atomic mass is 9.94. The van der Waals surface area contributed by atoms with Crippen LogP contribution in [-0.2, 0) is 4.79 Å². The average molecular weight is 289 g/mol. The molecule has 0 unspecified atom stereocenters. The Kier molecular flexibility index (Phi) is 4.55. The minimum absolute atomic E-state index is 0.0369. The maximum Gasteiger partial charge on any atom is 0.133 e. The highest BCUT2D eigenvalue weighted by Gasteiger charge is 2.19. The van der Waals surface area contributed by atoms with Crippen LogP contribution >= 0.6 is 11.3 Å². The van der Waals surface area contributed by atoms with Crippen molar-refractivity contribution >= 4 is 22.8 Å². The van der Waals surface area contributed by atoms with Crippen LogP contribution in [0.4, 0.5) is 5.69 Å². The Hall–Kier alpha value is -1.27. The molecule has 3 heteroatoms. The summed E-state index contributed by atoms with van der Waals surface area (Å²) in [6.45, 7) is 8.50. The van der Waals surface area contributed by atoms with Crippen molar-refractivity contribution in [2.45, 2.75) is 59.4 Å². The van der Waals surface area contributed by atoms with Crippen LogP contribution in [0.3, 0.4) is 0 Å². The smallest absolute Gasteiger partial charge is 0.133 e. The van der Waals surface area contributed by atoms with Crippen LogP contribution in [0.1, 0.15) is 56.2 Å². The Morgan fingerprint density at radius 3 is 2.55 bits per heavy atom. The lowest BCUT2D eigenvalue weighted by Gasteiger charge is -2.23. The first kappa shape index (κ1) is 15.1. The van der Waals surface area contributed by atoms with Gasteiger partial charge < -0.3 is 5.32 Å². The molecule has 1 aliphatic carbocycles. The van der Waals surface area contributed by atoms with Gasteiger partial charge in [-0.3, -0.25) is 4.79 Å². The second kappa shape index (κ2) is 6.01. The molecule has 2 rings (SSSR count). The lowest BCUT2D eigenvalue weighted by molar-refractivity contribution is -0.120. The summed E-state index contributed by atoms with van der Waals surface area (Å²) in [4.78, 5) is 13.7. The van der Waals surface area contributed by atoms with Gasteiger partial charge in [0.2, 0.25) is 0 Å². The highest BCUT2D eigenvalue weighted by Crippen LogP contribution is 2.29. The summed E-state index contributed by atoms with van der Waals surface area (Å²) in [5.74, 6) is 6.95. The number of thiophene rings is 1. The van der Waals surface area contributed by atoms with E-state index in [1.165, 1.54) is 10.6 Å². The quantitative estimate of drug-likeness (QED) is 0.819. The van der Waals surface area contributed by atoms with Gasteiger partial charge in [-0.05, 0) is 46.6 Å². The molecular formula is C17H23NOS. The molecule has 1 N–H and O–H groups in total. The molecule has 1 aromatic heterocycles. The molecule has 1 fully saturated rings. The van der Waals surface area contributed by atoms with Crippen molar-refractivity contribution < 1.29 is 4.79 Å². The predicted octanol–water partition coefficient (Wildman–Crippen LogP) is 4.38. The molecule has 0 amide bonds. The molecule has 0 spiro atoms. The van der Waals surface area contributed by atoms with Gasteiger partial charge in [-0.1, -0.05) is 11.8 Å². The van der Waals surface area contributed by atoms with Crippen molar-refractivity contribution in [1.29, 1.82) is 0 Å². The van der Waals surface area contributed by atoms with Crippen molar-refractivity contribution in [3.05, 3.63) is 15.8 Å². The van der Waals surface area contributed by atoms with Crippen LogP contribution in [0.5, 0.6) is 0 Å². The van der Waals surface area contributed by atoms with Gasteiger partial charge in [0.05, 0.1) is 4.88 Å². The van der Waals surface area contributed by atoms with E-state index in [0.717, 1.165) is 30.6 Å². The molecule has 2 nitrogen and oxygen atoms in total. The van der Waals surface area contributed by atoms with Crippen molar-refractivity contribution in [3.8, 4) is 11.8 Å². The standard InChI is InChI=1S/C17H23NOS/c1-12-16(18-13-5-7-14(19)8-6-13)11-15(20-12)9-10-17(2,3)4/h11,13,18H,5-8H2,1-4H3. The maximum atomic E-state index is 11.3. The monoisotopic (exact) mass is 289 g/mol.